The third-order valence-electron chi connectivity index (χ3n) is 1.39. The number of para-hydroxylation sites is 2. The van der Waals surface area contributed by atoms with Gasteiger partial charge in [0, 0.05) is 5.57 Å². The Kier molecular flexibility index (Phi) is 2.69. The average Bonchev–Trinajstić information content (AvgIpc) is 2.83. The van der Waals surface area contributed by atoms with Crippen molar-refractivity contribution in [2.75, 3.05) is 0 Å². The fourth-order valence-electron chi connectivity index (χ4n) is 0.611. The number of fused-ring (bicyclic) bond motifs is 1. The molecule has 3 nitrogen and oxygen atoms in total. The number of rotatable bonds is 1. The zero-order chi connectivity index (χ0) is 9.84. The van der Waals surface area contributed by atoms with E-state index in [2.05, 4.69) is 6.58 Å². The number of benzene rings is 1. The molecule has 13 heavy (non-hydrogen) atoms. The number of carbonyl (C=O) groups is 1. The summed E-state index contributed by atoms with van der Waals surface area (Å²) in [7, 11) is 0. The van der Waals surface area contributed by atoms with Crippen molar-refractivity contribution in [2.24, 2.45) is 0 Å². The van der Waals surface area contributed by atoms with E-state index in [4.69, 9.17) is 9.84 Å². The highest BCUT2D eigenvalue weighted by Gasteiger charge is 2.15. The summed E-state index contributed by atoms with van der Waals surface area (Å²) in [6.45, 7) is 4.60. The van der Waals surface area contributed by atoms with Gasteiger partial charge in [-0.3, -0.25) is 0 Å². The SMILES string of the molecule is C=C(C)C(=O)O.c1ccc2c(c1)O2. The van der Waals surface area contributed by atoms with Gasteiger partial charge in [0.25, 0.3) is 0 Å². The molecule has 68 valence electrons. The molecule has 3 heteroatoms. The molecule has 0 unspecified atom stereocenters. The minimum Gasteiger partial charge on any atom is -0.478 e. The smallest absolute Gasteiger partial charge is 0.330 e. The van der Waals surface area contributed by atoms with Gasteiger partial charge < -0.3 is 9.84 Å². The Morgan fingerprint density at radius 1 is 1.38 bits per heavy atom. The second-order valence-corrected chi connectivity index (χ2v) is 2.63. The Balaban J connectivity index is 0.000000133. The lowest BCUT2D eigenvalue weighted by Crippen LogP contribution is -1.92. The lowest BCUT2D eigenvalue weighted by atomic mass is 10.4. The number of ether oxygens (including phenoxy) is 1. The van der Waals surface area contributed by atoms with Crippen molar-refractivity contribution in [1.82, 2.24) is 0 Å². The molecule has 0 atom stereocenters. The van der Waals surface area contributed by atoms with Crippen molar-refractivity contribution in [1.29, 1.82) is 0 Å². The highest BCUT2D eigenvalue weighted by atomic mass is 16.6. The number of hydrogen-bond acceptors (Lipinski definition) is 2. The maximum absolute atomic E-state index is 9.60. The van der Waals surface area contributed by atoms with Crippen LogP contribution in [0.1, 0.15) is 6.92 Å². The van der Waals surface area contributed by atoms with Crippen LogP contribution in [-0.2, 0) is 4.79 Å². The Hall–Kier alpha value is -1.77. The molecule has 0 bridgehead atoms. The highest BCUT2D eigenvalue weighted by Crippen LogP contribution is 2.43. The molecule has 0 aliphatic carbocycles. The van der Waals surface area contributed by atoms with Crippen LogP contribution in [0.2, 0.25) is 0 Å². The van der Waals surface area contributed by atoms with Gasteiger partial charge in [0.05, 0.1) is 0 Å². The van der Waals surface area contributed by atoms with E-state index in [0.29, 0.717) is 0 Å². The Bertz CT molecular complexity index is 309. The van der Waals surface area contributed by atoms with Crippen LogP contribution in [0, 0.1) is 0 Å². The summed E-state index contributed by atoms with van der Waals surface area (Å²) >= 11 is 0. The molecule has 1 N–H and O–H groups in total. The molecule has 1 aromatic rings. The van der Waals surface area contributed by atoms with Crippen LogP contribution < -0.4 is 4.74 Å². The van der Waals surface area contributed by atoms with Crippen LogP contribution in [0.5, 0.6) is 11.5 Å². The van der Waals surface area contributed by atoms with E-state index < -0.39 is 5.97 Å². The van der Waals surface area contributed by atoms with E-state index in [1.165, 1.54) is 6.92 Å². The molecule has 2 rings (SSSR count). The molecule has 0 spiro atoms. The van der Waals surface area contributed by atoms with Crippen molar-refractivity contribution >= 4 is 5.97 Å². The first kappa shape index (κ1) is 9.32. The van der Waals surface area contributed by atoms with Crippen molar-refractivity contribution < 1.29 is 14.6 Å². The van der Waals surface area contributed by atoms with Gasteiger partial charge in [-0.05, 0) is 19.1 Å². The minimum absolute atomic E-state index is 0.176. The molecule has 1 aliphatic heterocycles. The molecule has 1 aromatic carbocycles. The summed E-state index contributed by atoms with van der Waals surface area (Å²) in [4.78, 5) is 9.60. The lowest BCUT2D eigenvalue weighted by molar-refractivity contribution is -0.132. The molecule has 0 amide bonds. The van der Waals surface area contributed by atoms with Crippen LogP contribution in [0.25, 0.3) is 0 Å². The van der Waals surface area contributed by atoms with Gasteiger partial charge in [-0.2, -0.15) is 0 Å². The van der Waals surface area contributed by atoms with Crippen molar-refractivity contribution in [3.63, 3.8) is 0 Å². The monoisotopic (exact) mass is 178 g/mol. The second-order valence-electron chi connectivity index (χ2n) is 2.63. The van der Waals surface area contributed by atoms with Gasteiger partial charge in [-0.15, -0.1) is 0 Å². The predicted molar refractivity (Wildman–Crippen MR) is 49.0 cm³/mol. The number of carboxylic acids is 1. The number of carboxylic acid groups (broad SMARTS) is 1. The molecule has 0 radical (unpaired) electrons. The largest absolute Gasteiger partial charge is 0.478 e. The van der Waals surface area contributed by atoms with Crippen LogP contribution in [0.15, 0.2) is 36.4 Å². The lowest BCUT2D eigenvalue weighted by Gasteiger charge is -1.79. The van der Waals surface area contributed by atoms with Crippen molar-refractivity contribution in [3.8, 4) is 11.5 Å². The standard InChI is InChI=1S/C6H4O.C4H6O2/c1-2-4-6-5(3-1)7-6;1-3(2)4(5)6/h1-4H;1H2,2H3,(H,5,6). The maximum atomic E-state index is 9.60. The molecular formula is C10H10O3. The van der Waals surface area contributed by atoms with Gasteiger partial charge in [0.15, 0.2) is 11.5 Å². The topological polar surface area (TPSA) is 49.8 Å². The zero-order valence-electron chi connectivity index (χ0n) is 7.28. The maximum Gasteiger partial charge on any atom is 0.330 e. The fraction of sp³-hybridized carbons (Fsp3) is 0.100. The van der Waals surface area contributed by atoms with Gasteiger partial charge in [-0.1, -0.05) is 18.7 Å². The quantitative estimate of drug-likeness (QED) is 0.539. The molecule has 0 saturated heterocycles. The van der Waals surface area contributed by atoms with Gasteiger partial charge in [0.1, 0.15) is 0 Å². The summed E-state index contributed by atoms with van der Waals surface area (Å²) in [5.74, 6) is 1.13. The average molecular weight is 178 g/mol. The van der Waals surface area contributed by atoms with E-state index in [-0.39, 0.29) is 5.57 Å². The summed E-state index contributed by atoms with van der Waals surface area (Å²) in [6.07, 6.45) is 0. The molecule has 1 aliphatic rings. The zero-order valence-corrected chi connectivity index (χ0v) is 7.28. The van der Waals surface area contributed by atoms with Gasteiger partial charge in [0.2, 0.25) is 0 Å². The van der Waals surface area contributed by atoms with Crippen LogP contribution in [0.4, 0.5) is 0 Å². The van der Waals surface area contributed by atoms with Crippen LogP contribution >= 0.6 is 0 Å². The third kappa shape index (κ3) is 2.99. The molecule has 1 heterocycles. The Morgan fingerprint density at radius 3 is 2.00 bits per heavy atom. The molecule has 0 saturated carbocycles. The Labute approximate surface area is 76.3 Å². The number of aliphatic carboxylic acids is 1. The predicted octanol–water partition coefficient (Wildman–Crippen LogP) is 2.44. The van der Waals surface area contributed by atoms with Crippen molar-refractivity contribution in [2.45, 2.75) is 6.92 Å². The van der Waals surface area contributed by atoms with Crippen LogP contribution in [-0.4, -0.2) is 11.1 Å². The minimum atomic E-state index is -0.935. The van der Waals surface area contributed by atoms with E-state index in [1.54, 1.807) is 0 Å². The second kappa shape index (κ2) is 3.76. The molecule has 0 aromatic heterocycles. The van der Waals surface area contributed by atoms with E-state index in [1.807, 2.05) is 24.3 Å². The normalized spacial score (nSPS) is 9.92. The highest BCUT2D eigenvalue weighted by molar-refractivity contribution is 5.84. The Morgan fingerprint density at radius 2 is 1.77 bits per heavy atom. The summed E-state index contributed by atoms with van der Waals surface area (Å²) in [5.41, 5.74) is 0.176. The number of hydrogen-bond donors (Lipinski definition) is 1. The van der Waals surface area contributed by atoms with Crippen LogP contribution in [0.3, 0.4) is 0 Å². The summed E-state index contributed by atoms with van der Waals surface area (Å²) < 4.78 is 4.94. The van der Waals surface area contributed by atoms with E-state index in [0.717, 1.165) is 11.5 Å². The van der Waals surface area contributed by atoms with E-state index >= 15 is 0 Å². The molecular weight excluding hydrogens is 168 g/mol. The third-order valence-corrected chi connectivity index (χ3v) is 1.39. The fourth-order valence-corrected chi connectivity index (χ4v) is 0.611. The summed E-state index contributed by atoms with van der Waals surface area (Å²) in [6, 6.07) is 7.84. The van der Waals surface area contributed by atoms with Gasteiger partial charge in [-0.25, -0.2) is 4.79 Å². The molecule has 0 fully saturated rings. The first-order valence-corrected chi connectivity index (χ1v) is 3.77. The van der Waals surface area contributed by atoms with Crippen molar-refractivity contribution in [3.05, 3.63) is 36.4 Å². The first-order chi connectivity index (χ1) is 6.11. The van der Waals surface area contributed by atoms with E-state index in [9.17, 15) is 4.79 Å². The summed E-state index contributed by atoms with van der Waals surface area (Å²) in [5, 5.41) is 7.89. The first-order valence-electron chi connectivity index (χ1n) is 3.77. The van der Waals surface area contributed by atoms with Gasteiger partial charge >= 0.3 is 5.97 Å².